The topological polar surface area (TPSA) is 84.1 Å². The van der Waals surface area contributed by atoms with Crippen molar-refractivity contribution in [2.45, 2.75) is 38.8 Å². The van der Waals surface area contributed by atoms with Crippen LogP contribution < -0.4 is 0 Å². The molecule has 1 aromatic heterocycles. The Labute approximate surface area is 99.4 Å². The lowest BCUT2D eigenvalue weighted by Crippen LogP contribution is -2.33. The zero-order valence-electron chi connectivity index (χ0n) is 10.1. The quantitative estimate of drug-likeness (QED) is 0.760. The fourth-order valence-corrected chi connectivity index (χ4v) is 1.93. The fourth-order valence-electron chi connectivity index (χ4n) is 1.93. The van der Waals surface area contributed by atoms with E-state index in [1.807, 2.05) is 13.8 Å². The van der Waals surface area contributed by atoms with Gasteiger partial charge in [0.25, 0.3) is 0 Å². The number of likely N-dealkylation sites (tertiary alicyclic amines) is 1. The summed E-state index contributed by atoms with van der Waals surface area (Å²) in [6.07, 6.45) is 0.260. The first-order valence-electron chi connectivity index (χ1n) is 5.80. The van der Waals surface area contributed by atoms with Gasteiger partial charge in [0, 0.05) is 19.0 Å². The van der Waals surface area contributed by atoms with Gasteiger partial charge < -0.3 is 10.0 Å². The van der Waals surface area contributed by atoms with Crippen molar-refractivity contribution in [3.8, 4) is 0 Å². The van der Waals surface area contributed by atoms with Crippen LogP contribution >= 0.6 is 0 Å². The summed E-state index contributed by atoms with van der Waals surface area (Å²) in [5, 5.41) is 20.7. The molecule has 0 bridgehead atoms. The summed E-state index contributed by atoms with van der Waals surface area (Å²) in [4.78, 5) is 13.6. The largest absolute Gasteiger partial charge is 0.391 e. The monoisotopic (exact) mass is 239 g/mol. The normalized spacial score (nSPS) is 20.2. The van der Waals surface area contributed by atoms with Crippen LogP contribution in [-0.4, -0.2) is 55.3 Å². The molecule has 2 rings (SSSR count). The average molecular weight is 239 g/mol. The van der Waals surface area contributed by atoms with Crippen LogP contribution in [-0.2, 0) is 11.3 Å². The number of aliphatic hydroxyl groups is 1. The number of carbonyl (C=O) groups is 1. The first kappa shape index (κ1) is 12.0. The van der Waals surface area contributed by atoms with E-state index in [1.165, 1.54) is 4.68 Å². The molecule has 0 aromatic carbocycles. The fraction of sp³-hybridized carbons (Fsp3) is 0.800. The Bertz CT molecular complexity index is 403. The van der Waals surface area contributed by atoms with Gasteiger partial charge in [0.15, 0.2) is 5.82 Å². The molecular weight excluding hydrogens is 222 g/mol. The van der Waals surface area contributed by atoms with Gasteiger partial charge in [-0.05, 0) is 16.8 Å². The molecule has 0 radical (unpaired) electrons. The van der Waals surface area contributed by atoms with Crippen LogP contribution in [0.2, 0.25) is 0 Å². The molecule has 0 saturated carbocycles. The number of nitrogens with zero attached hydrogens (tertiary/aromatic N) is 5. The van der Waals surface area contributed by atoms with Gasteiger partial charge in [-0.2, -0.15) is 0 Å². The zero-order valence-corrected chi connectivity index (χ0v) is 10.1. The molecule has 1 aromatic rings. The molecule has 1 atom stereocenters. The van der Waals surface area contributed by atoms with Gasteiger partial charge in [-0.15, -0.1) is 5.10 Å². The van der Waals surface area contributed by atoms with Crippen LogP contribution in [0.1, 0.15) is 32.0 Å². The van der Waals surface area contributed by atoms with E-state index in [-0.39, 0.29) is 18.4 Å². The number of hydrogen-bond donors (Lipinski definition) is 1. The minimum Gasteiger partial charge on any atom is -0.391 e. The van der Waals surface area contributed by atoms with Crippen molar-refractivity contribution in [1.29, 1.82) is 0 Å². The van der Waals surface area contributed by atoms with Crippen molar-refractivity contribution in [2.24, 2.45) is 0 Å². The molecule has 7 heteroatoms. The minimum atomic E-state index is -0.391. The van der Waals surface area contributed by atoms with Crippen LogP contribution in [0.4, 0.5) is 0 Å². The molecular formula is C10H17N5O2. The summed E-state index contributed by atoms with van der Waals surface area (Å²) in [5.41, 5.74) is 0. The van der Waals surface area contributed by atoms with Crippen molar-refractivity contribution < 1.29 is 9.90 Å². The molecule has 0 aliphatic carbocycles. The number of tetrazole rings is 1. The molecule has 1 aliphatic rings. The van der Waals surface area contributed by atoms with Gasteiger partial charge in [-0.3, -0.25) is 4.79 Å². The van der Waals surface area contributed by atoms with Gasteiger partial charge >= 0.3 is 0 Å². The lowest BCUT2D eigenvalue weighted by molar-refractivity contribution is -0.131. The molecule has 1 aliphatic heterocycles. The molecule has 1 amide bonds. The van der Waals surface area contributed by atoms with E-state index in [0.717, 1.165) is 0 Å². The van der Waals surface area contributed by atoms with Crippen molar-refractivity contribution in [3.05, 3.63) is 5.82 Å². The van der Waals surface area contributed by atoms with Crippen LogP contribution in [0.15, 0.2) is 0 Å². The SMILES string of the molecule is CC(C)c1nnnn1CC(=O)N1CC[C@@H](O)C1. The van der Waals surface area contributed by atoms with E-state index < -0.39 is 6.10 Å². The van der Waals surface area contributed by atoms with E-state index in [0.29, 0.717) is 25.3 Å². The Kier molecular flexibility index (Phi) is 3.37. The Morgan fingerprint density at radius 1 is 1.59 bits per heavy atom. The van der Waals surface area contributed by atoms with Crippen LogP contribution in [0.5, 0.6) is 0 Å². The smallest absolute Gasteiger partial charge is 0.244 e. The summed E-state index contributed by atoms with van der Waals surface area (Å²) < 4.78 is 1.53. The maximum absolute atomic E-state index is 11.9. The van der Waals surface area contributed by atoms with E-state index in [2.05, 4.69) is 15.5 Å². The summed E-state index contributed by atoms with van der Waals surface area (Å²) in [6.45, 7) is 5.13. The molecule has 0 unspecified atom stereocenters. The van der Waals surface area contributed by atoms with Gasteiger partial charge in [-0.1, -0.05) is 13.8 Å². The second kappa shape index (κ2) is 4.79. The second-order valence-electron chi connectivity index (χ2n) is 4.63. The predicted octanol–water partition coefficient (Wildman–Crippen LogP) is -0.610. The number of rotatable bonds is 3. The highest BCUT2D eigenvalue weighted by molar-refractivity contribution is 5.76. The highest BCUT2D eigenvalue weighted by Gasteiger charge is 2.25. The Morgan fingerprint density at radius 2 is 2.35 bits per heavy atom. The van der Waals surface area contributed by atoms with E-state index in [1.54, 1.807) is 4.90 Å². The van der Waals surface area contributed by atoms with Gasteiger partial charge in [0.2, 0.25) is 5.91 Å². The van der Waals surface area contributed by atoms with Gasteiger partial charge in [-0.25, -0.2) is 4.68 Å². The number of aliphatic hydroxyl groups excluding tert-OH is 1. The van der Waals surface area contributed by atoms with Gasteiger partial charge in [0.1, 0.15) is 6.54 Å². The van der Waals surface area contributed by atoms with Crippen molar-refractivity contribution >= 4 is 5.91 Å². The standard InChI is InChI=1S/C10H17N5O2/c1-7(2)10-11-12-13-15(10)6-9(17)14-4-3-8(16)5-14/h7-8,16H,3-6H2,1-2H3/t8-/m1/s1. The highest BCUT2D eigenvalue weighted by Crippen LogP contribution is 2.12. The Balaban J connectivity index is 2.00. The van der Waals surface area contributed by atoms with Crippen LogP contribution in [0, 0.1) is 0 Å². The number of β-amino-alcohol motifs (C(OH)–C–C–N with tert-alkyl or cyclic N) is 1. The lowest BCUT2D eigenvalue weighted by Gasteiger charge is -2.15. The first-order chi connectivity index (χ1) is 8.08. The van der Waals surface area contributed by atoms with Crippen molar-refractivity contribution in [2.75, 3.05) is 13.1 Å². The summed E-state index contributed by atoms with van der Waals surface area (Å²) >= 11 is 0. The second-order valence-corrected chi connectivity index (χ2v) is 4.63. The van der Waals surface area contributed by atoms with Crippen LogP contribution in [0.3, 0.4) is 0 Å². The third-order valence-corrected chi connectivity index (χ3v) is 2.88. The van der Waals surface area contributed by atoms with E-state index >= 15 is 0 Å². The summed E-state index contributed by atoms with van der Waals surface area (Å²) in [6, 6.07) is 0. The molecule has 0 spiro atoms. The zero-order chi connectivity index (χ0) is 12.4. The molecule has 17 heavy (non-hydrogen) atoms. The summed E-state index contributed by atoms with van der Waals surface area (Å²) in [7, 11) is 0. The number of hydrogen-bond acceptors (Lipinski definition) is 5. The predicted molar refractivity (Wildman–Crippen MR) is 59.1 cm³/mol. The van der Waals surface area contributed by atoms with Crippen molar-refractivity contribution in [3.63, 3.8) is 0 Å². The molecule has 1 fully saturated rings. The van der Waals surface area contributed by atoms with Gasteiger partial charge in [0.05, 0.1) is 6.10 Å². The first-order valence-corrected chi connectivity index (χ1v) is 5.80. The maximum atomic E-state index is 11.9. The lowest BCUT2D eigenvalue weighted by atomic mass is 10.2. The number of aromatic nitrogens is 4. The number of carbonyl (C=O) groups excluding carboxylic acids is 1. The third-order valence-electron chi connectivity index (χ3n) is 2.88. The van der Waals surface area contributed by atoms with Crippen molar-refractivity contribution in [1.82, 2.24) is 25.1 Å². The maximum Gasteiger partial charge on any atom is 0.244 e. The Morgan fingerprint density at radius 3 is 2.94 bits per heavy atom. The van der Waals surface area contributed by atoms with E-state index in [4.69, 9.17) is 0 Å². The molecule has 2 heterocycles. The van der Waals surface area contributed by atoms with E-state index in [9.17, 15) is 9.90 Å². The molecule has 7 nitrogen and oxygen atoms in total. The highest BCUT2D eigenvalue weighted by atomic mass is 16.3. The summed E-state index contributed by atoms with van der Waals surface area (Å²) in [5.74, 6) is 0.843. The average Bonchev–Trinajstić information content (AvgIpc) is 2.86. The van der Waals surface area contributed by atoms with Crippen LogP contribution in [0.25, 0.3) is 0 Å². The Hall–Kier alpha value is -1.50. The minimum absolute atomic E-state index is 0.0456. The molecule has 94 valence electrons. The molecule has 1 saturated heterocycles. The third kappa shape index (κ3) is 2.60. The molecule has 1 N–H and O–H groups in total. The number of amides is 1.